The lowest BCUT2D eigenvalue weighted by molar-refractivity contribution is 0.369. The molecule has 0 N–H and O–H groups in total. The highest BCUT2D eigenvalue weighted by atomic mass is 31.2. The van der Waals surface area contributed by atoms with Crippen molar-refractivity contribution in [1.82, 2.24) is 9.34 Å². The van der Waals surface area contributed by atoms with E-state index in [-0.39, 0.29) is 0 Å². The maximum absolute atomic E-state index is 13.7. The van der Waals surface area contributed by atoms with E-state index in [4.69, 9.17) is 0 Å². The molecule has 0 amide bonds. The highest BCUT2D eigenvalue weighted by molar-refractivity contribution is 7.67. The van der Waals surface area contributed by atoms with Crippen LogP contribution in [-0.2, 0) is 4.57 Å². The summed E-state index contributed by atoms with van der Waals surface area (Å²) in [5, 5.41) is 0.958. The largest absolute Gasteiger partial charge is 0.284 e. The lowest BCUT2D eigenvalue weighted by atomic mass is 9.97. The molecular weight excluding hydrogens is 254 g/mol. The van der Waals surface area contributed by atoms with Crippen molar-refractivity contribution >= 4 is 26.1 Å². The molecule has 3 nitrogen and oxygen atoms in total. The van der Waals surface area contributed by atoms with Gasteiger partial charge in [-0.15, -0.1) is 0 Å². The lowest BCUT2D eigenvalue weighted by Crippen LogP contribution is -2.37. The van der Waals surface area contributed by atoms with Crippen LogP contribution in [0.5, 0.6) is 0 Å². The van der Waals surface area contributed by atoms with Gasteiger partial charge in [-0.05, 0) is 6.07 Å². The van der Waals surface area contributed by atoms with E-state index in [1.165, 1.54) is 0 Å². The van der Waals surface area contributed by atoms with Gasteiger partial charge in [-0.25, -0.2) is 9.34 Å². The summed E-state index contributed by atoms with van der Waals surface area (Å²) in [5.41, 5.74) is 1.16. The molecule has 0 atom stereocenters. The standard InChI is InChI=1S/C14H26BN2OP/c1-5-16(6-2)19(18,17(7-3)8-4)14-11-9-10-13(15)12-14/h9-12H,5-8,15H2,1-4H3. The van der Waals surface area contributed by atoms with Gasteiger partial charge in [0.1, 0.15) is 7.85 Å². The summed E-state index contributed by atoms with van der Waals surface area (Å²) in [7, 11) is -0.598. The van der Waals surface area contributed by atoms with E-state index in [1.54, 1.807) is 0 Å². The van der Waals surface area contributed by atoms with Crippen molar-refractivity contribution in [2.75, 3.05) is 26.2 Å². The molecule has 1 aromatic carbocycles. The Morgan fingerprint density at radius 1 is 1.00 bits per heavy atom. The van der Waals surface area contributed by atoms with Crippen LogP contribution in [0, 0.1) is 0 Å². The molecule has 0 heterocycles. The first-order chi connectivity index (χ1) is 9.04. The fourth-order valence-corrected chi connectivity index (χ4v) is 5.73. The van der Waals surface area contributed by atoms with Crippen molar-refractivity contribution in [2.24, 2.45) is 0 Å². The van der Waals surface area contributed by atoms with E-state index in [0.29, 0.717) is 0 Å². The van der Waals surface area contributed by atoms with E-state index >= 15 is 0 Å². The third-order valence-corrected chi connectivity index (χ3v) is 7.18. The second kappa shape index (κ2) is 7.28. The molecule has 0 saturated carbocycles. The van der Waals surface area contributed by atoms with E-state index in [1.807, 2.05) is 12.1 Å². The molecule has 0 fully saturated rings. The minimum Gasteiger partial charge on any atom is -0.284 e. The number of nitrogens with zero attached hydrogens (tertiary/aromatic N) is 2. The predicted molar refractivity (Wildman–Crippen MR) is 87.7 cm³/mol. The quantitative estimate of drug-likeness (QED) is 0.558. The summed E-state index contributed by atoms with van der Waals surface area (Å²) in [6.45, 7) is 11.5. The number of rotatable bonds is 7. The normalized spacial score (nSPS) is 12.3. The Morgan fingerprint density at radius 2 is 1.47 bits per heavy atom. The molecule has 19 heavy (non-hydrogen) atoms. The summed E-state index contributed by atoms with van der Waals surface area (Å²) in [6.07, 6.45) is 0. The molecule has 1 aromatic rings. The Labute approximate surface area is 118 Å². The van der Waals surface area contributed by atoms with Gasteiger partial charge in [-0.3, -0.25) is 4.57 Å². The van der Waals surface area contributed by atoms with Crippen LogP contribution >= 0.6 is 7.44 Å². The second-order valence-corrected chi connectivity index (χ2v) is 7.40. The van der Waals surface area contributed by atoms with Crippen molar-refractivity contribution in [3.63, 3.8) is 0 Å². The molecular formula is C14H26BN2OP. The second-order valence-electron chi connectivity index (χ2n) is 4.66. The molecule has 0 aromatic heterocycles. The smallest absolute Gasteiger partial charge is 0.245 e. The van der Waals surface area contributed by atoms with E-state index in [9.17, 15) is 4.57 Å². The molecule has 0 aliphatic carbocycles. The zero-order valence-corrected chi connectivity index (χ0v) is 13.8. The zero-order chi connectivity index (χ0) is 14.5. The van der Waals surface area contributed by atoms with Gasteiger partial charge in [0, 0.05) is 31.5 Å². The molecule has 0 radical (unpaired) electrons. The van der Waals surface area contributed by atoms with Gasteiger partial charge < -0.3 is 0 Å². The Balaban J connectivity index is 3.37. The van der Waals surface area contributed by atoms with E-state index in [0.717, 1.165) is 36.9 Å². The highest BCUT2D eigenvalue weighted by Gasteiger charge is 2.35. The Bertz CT molecular complexity index is 429. The van der Waals surface area contributed by atoms with Crippen LogP contribution in [0.25, 0.3) is 0 Å². The fourth-order valence-electron chi connectivity index (χ4n) is 2.53. The first-order valence-corrected chi connectivity index (χ1v) is 8.83. The molecule has 0 aliphatic rings. The summed E-state index contributed by atoms with van der Waals surface area (Å²) >= 11 is 0. The molecule has 1 rings (SSSR count). The van der Waals surface area contributed by atoms with Gasteiger partial charge in [-0.2, -0.15) is 0 Å². The van der Waals surface area contributed by atoms with E-state index < -0.39 is 7.44 Å². The zero-order valence-electron chi connectivity index (χ0n) is 12.9. The van der Waals surface area contributed by atoms with Crippen LogP contribution < -0.4 is 10.8 Å². The molecule has 106 valence electrons. The van der Waals surface area contributed by atoms with Crippen molar-refractivity contribution in [3.8, 4) is 0 Å². The summed E-state index contributed by atoms with van der Waals surface area (Å²) < 4.78 is 18.0. The lowest BCUT2D eigenvalue weighted by Gasteiger charge is -2.38. The summed E-state index contributed by atoms with van der Waals surface area (Å²) in [6, 6.07) is 8.13. The summed E-state index contributed by atoms with van der Waals surface area (Å²) in [5.74, 6) is 0. The molecule has 0 bridgehead atoms. The SMILES string of the molecule is Bc1cccc(P(=O)(N(CC)CC)N(CC)CC)c1. The van der Waals surface area contributed by atoms with Crippen molar-refractivity contribution in [2.45, 2.75) is 27.7 Å². The van der Waals surface area contributed by atoms with Gasteiger partial charge >= 0.3 is 0 Å². The van der Waals surface area contributed by atoms with Gasteiger partial charge in [0.05, 0.1) is 0 Å². The van der Waals surface area contributed by atoms with Crippen LogP contribution in [0.15, 0.2) is 24.3 Å². The number of benzene rings is 1. The van der Waals surface area contributed by atoms with Gasteiger partial charge in [0.15, 0.2) is 0 Å². The maximum atomic E-state index is 13.7. The predicted octanol–water partition coefficient (Wildman–Crippen LogP) is 1.45. The molecule has 0 unspecified atom stereocenters. The van der Waals surface area contributed by atoms with Crippen LogP contribution in [0.4, 0.5) is 0 Å². The van der Waals surface area contributed by atoms with Gasteiger partial charge in [-0.1, -0.05) is 51.4 Å². The minimum atomic E-state index is -2.65. The first kappa shape index (κ1) is 16.5. The van der Waals surface area contributed by atoms with Crippen LogP contribution in [0.3, 0.4) is 0 Å². The monoisotopic (exact) mass is 280 g/mol. The van der Waals surface area contributed by atoms with Gasteiger partial charge in [0.2, 0.25) is 7.44 Å². The average molecular weight is 280 g/mol. The van der Waals surface area contributed by atoms with Crippen LogP contribution in [-0.4, -0.2) is 43.4 Å². The maximum Gasteiger partial charge on any atom is 0.245 e. The summed E-state index contributed by atoms with van der Waals surface area (Å²) in [4.78, 5) is 0. The molecule has 0 aliphatic heterocycles. The number of hydrogen-bond donors (Lipinski definition) is 0. The minimum absolute atomic E-state index is 0.804. The topological polar surface area (TPSA) is 23.6 Å². The van der Waals surface area contributed by atoms with Crippen LogP contribution in [0.1, 0.15) is 27.7 Å². The van der Waals surface area contributed by atoms with Crippen LogP contribution in [0.2, 0.25) is 0 Å². The Kier molecular flexibility index (Phi) is 6.32. The molecule has 5 heteroatoms. The third kappa shape index (κ3) is 3.31. The van der Waals surface area contributed by atoms with Crippen molar-refractivity contribution < 1.29 is 4.57 Å². The first-order valence-electron chi connectivity index (χ1n) is 7.22. The third-order valence-electron chi connectivity index (χ3n) is 3.56. The van der Waals surface area contributed by atoms with Crippen molar-refractivity contribution in [1.29, 1.82) is 0 Å². The Morgan fingerprint density at radius 3 is 1.84 bits per heavy atom. The van der Waals surface area contributed by atoms with E-state index in [2.05, 4.69) is 57.0 Å². The molecule has 0 saturated heterocycles. The fraction of sp³-hybridized carbons (Fsp3) is 0.571. The highest BCUT2D eigenvalue weighted by Crippen LogP contribution is 2.51. The molecule has 0 spiro atoms. The number of hydrogen-bond acceptors (Lipinski definition) is 1. The average Bonchev–Trinajstić information content (AvgIpc) is 2.41. The van der Waals surface area contributed by atoms with Crippen molar-refractivity contribution in [3.05, 3.63) is 24.3 Å². The Hall–Kier alpha value is -0.565. The van der Waals surface area contributed by atoms with Gasteiger partial charge in [0.25, 0.3) is 0 Å².